The zero-order valence-corrected chi connectivity index (χ0v) is 8.57. The lowest BCUT2D eigenvalue weighted by atomic mass is 10.1. The van der Waals surface area contributed by atoms with Gasteiger partial charge in [0.2, 0.25) is 0 Å². The number of rotatable bonds is 2. The average molecular weight is 246 g/mol. The quantitative estimate of drug-likeness (QED) is 0.867. The highest BCUT2D eigenvalue weighted by Crippen LogP contribution is 2.27. The second kappa shape index (κ2) is 4.15. The summed E-state index contributed by atoms with van der Waals surface area (Å²) in [6.45, 7) is 0.297. The van der Waals surface area contributed by atoms with Gasteiger partial charge in [-0.1, -0.05) is 12.1 Å². The predicted molar refractivity (Wildman–Crippen MR) is 53.4 cm³/mol. The topological polar surface area (TPSA) is 56.8 Å². The number of amidine groups is 1. The fourth-order valence-corrected chi connectivity index (χ4v) is 1.45. The van der Waals surface area contributed by atoms with Crippen LogP contribution in [0.5, 0.6) is 5.75 Å². The van der Waals surface area contributed by atoms with Gasteiger partial charge in [-0.25, -0.2) is 4.99 Å². The van der Waals surface area contributed by atoms with Crippen LogP contribution in [0.4, 0.5) is 13.2 Å². The van der Waals surface area contributed by atoms with E-state index >= 15 is 0 Å². The third kappa shape index (κ3) is 3.02. The lowest BCUT2D eigenvalue weighted by Gasteiger charge is -2.10. The van der Waals surface area contributed by atoms with E-state index in [2.05, 4.69) is 9.73 Å². The van der Waals surface area contributed by atoms with E-state index in [9.17, 15) is 13.2 Å². The number of aliphatic imine (C=N–C) groups is 1. The van der Waals surface area contributed by atoms with E-state index in [1.807, 2.05) is 0 Å². The molecule has 0 aromatic heterocycles. The molecule has 92 valence electrons. The number of ether oxygens (including phenoxy) is 2. The summed E-state index contributed by atoms with van der Waals surface area (Å²) in [5, 5.41) is 0. The smallest absolute Gasteiger partial charge is 0.463 e. The van der Waals surface area contributed by atoms with Crippen molar-refractivity contribution in [2.24, 2.45) is 10.7 Å². The van der Waals surface area contributed by atoms with Crippen molar-refractivity contribution in [1.29, 1.82) is 0 Å². The summed E-state index contributed by atoms with van der Waals surface area (Å²) in [7, 11) is 0. The summed E-state index contributed by atoms with van der Waals surface area (Å²) in [4.78, 5) is 3.97. The number of benzene rings is 1. The van der Waals surface area contributed by atoms with Crippen molar-refractivity contribution in [2.45, 2.75) is 12.4 Å². The molecule has 0 spiro atoms. The van der Waals surface area contributed by atoms with Crippen molar-refractivity contribution < 1.29 is 22.6 Å². The van der Waals surface area contributed by atoms with E-state index in [1.165, 1.54) is 24.3 Å². The molecule has 1 aliphatic rings. The highest BCUT2D eigenvalue weighted by molar-refractivity contribution is 5.73. The normalized spacial score (nSPS) is 19.7. The van der Waals surface area contributed by atoms with Gasteiger partial charge in [-0.3, -0.25) is 0 Å². The van der Waals surface area contributed by atoms with Gasteiger partial charge < -0.3 is 15.2 Å². The number of nitrogens with zero attached hydrogens (tertiary/aromatic N) is 1. The van der Waals surface area contributed by atoms with Gasteiger partial charge in [0.15, 0.2) is 0 Å². The lowest BCUT2D eigenvalue weighted by molar-refractivity contribution is -0.274. The molecule has 1 atom stereocenters. The standard InChI is InChI=1S/C10H9F3N2O2/c11-10(12,13)17-7-3-1-6(2-4-7)8-5-16-9(14)15-8/h1-4,8H,5H2,(H2,14,15). The highest BCUT2D eigenvalue weighted by atomic mass is 19.4. The first-order valence-corrected chi connectivity index (χ1v) is 4.76. The summed E-state index contributed by atoms with van der Waals surface area (Å²) >= 11 is 0. The van der Waals surface area contributed by atoms with Crippen LogP contribution in [0.3, 0.4) is 0 Å². The minimum atomic E-state index is -4.68. The summed E-state index contributed by atoms with van der Waals surface area (Å²) in [5.41, 5.74) is 6.05. The molecular formula is C10H9F3N2O2. The SMILES string of the molecule is NC1=NC(c2ccc(OC(F)(F)F)cc2)CO1. The zero-order valence-electron chi connectivity index (χ0n) is 8.57. The predicted octanol–water partition coefficient (Wildman–Crippen LogP) is 1.97. The number of nitrogens with two attached hydrogens (primary N) is 1. The van der Waals surface area contributed by atoms with Crippen molar-refractivity contribution in [3.63, 3.8) is 0 Å². The average Bonchev–Trinajstić information content (AvgIpc) is 2.63. The number of hydrogen-bond donors (Lipinski definition) is 1. The summed E-state index contributed by atoms with van der Waals surface area (Å²) in [6.07, 6.45) is -4.68. The molecule has 7 heteroatoms. The second-order valence-electron chi connectivity index (χ2n) is 3.41. The Labute approximate surface area is 94.8 Å². The van der Waals surface area contributed by atoms with Crippen LogP contribution in [0.25, 0.3) is 0 Å². The molecule has 0 fully saturated rings. The zero-order chi connectivity index (χ0) is 12.5. The summed E-state index contributed by atoms with van der Waals surface area (Å²) in [5.74, 6) is -0.267. The van der Waals surface area contributed by atoms with Gasteiger partial charge in [0, 0.05) is 0 Å². The van der Waals surface area contributed by atoms with E-state index in [0.29, 0.717) is 6.61 Å². The van der Waals surface area contributed by atoms with Gasteiger partial charge in [0.05, 0.1) is 0 Å². The molecule has 1 aromatic carbocycles. The van der Waals surface area contributed by atoms with E-state index in [-0.39, 0.29) is 17.8 Å². The molecule has 0 saturated heterocycles. The Hall–Kier alpha value is -1.92. The highest BCUT2D eigenvalue weighted by Gasteiger charge is 2.31. The molecule has 1 unspecified atom stereocenters. The molecule has 0 bridgehead atoms. The summed E-state index contributed by atoms with van der Waals surface area (Å²) in [6, 6.07) is 5.27. The van der Waals surface area contributed by atoms with Crippen LogP contribution in [0.15, 0.2) is 29.3 Å². The van der Waals surface area contributed by atoms with Gasteiger partial charge in [-0.05, 0) is 17.7 Å². The van der Waals surface area contributed by atoms with Gasteiger partial charge in [-0.15, -0.1) is 13.2 Å². The van der Waals surface area contributed by atoms with Crippen molar-refractivity contribution >= 4 is 6.02 Å². The minimum Gasteiger partial charge on any atom is -0.463 e. The van der Waals surface area contributed by atoms with Crippen LogP contribution < -0.4 is 10.5 Å². The molecule has 1 aromatic rings. The first-order valence-electron chi connectivity index (χ1n) is 4.76. The van der Waals surface area contributed by atoms with Crippen LogP contribution in [-0.4, -0.2) is 19.0 Å². The third-order valence-electron chi connectivity index (χ3n) is 2.17. The molecule has 1 heterocycles. The molecule has 0 amide bonds. The van der Waals surface area contributed by atoms with Crippen molar-refractivity contribution in [3.8, 4) is 5.75 Å². The van der Waals surface area contributed by atoms with Crippen LogP contribution in [0.2, 0.25) is 0 Å². The monoisotopic (exact) mass is 246 g/mol. The Morgan fingerprint density at radius 1 is 1.29 bits per heavy atom. The van der Waals surface area contributed by atoms with Crippen molar-refractivity contribution in [2.75, 3.05) is 6.61 Å². The third-order valence-corrected chi connectivity index (χ3v) is 2.17. The first kappa shape index (κ1) is 11.6. The Balaban J connectivity index is 2.08. The fourth-order valence-electron chi connectivity index (χ4n) is 1.45. The van der Waals surface area contributed by atoms with Crippen LogP contribution in [0.1, 0.15) is 11.6 Å². The molecule has 2 N–H and O–H groups in total. The number of alkyl halides is 3. The van der Waals surface area contributed by atoms with E-state index in [4.69, 9.17) is 10.5 Å². The minimum absolute atomic E-state index is 0.0885. The van der Waals surface area contributed by atoms with Crippen LogP contribution >= 0.6 is 0 Å². The van der Waals surface area contributed by atoms with Gasteiger partial charge >= 0.3 is 6.36 Å². The van der Waals surface area contributed by atoms with E-state index in [0.717, 1.165) is 5.56 Å². The first-order chi connectivity index (χ1) is 7.94. The second-order valence-corrected chi connectivity index (χ2v) is 3.41. The molecule has 4 nitrogen and oxygen atoms in total. The maximum absolute atomic E-state index is 11.9. The molecule has 0 radical (unpaired) electrons. The van der Waals surface area contributed by atoms with Crippen molar-refractivity contribution in [1.82, 2.24) is 0 Å². The Bertz CT molecular complexity index is 428. The Morgan fingerprint density at radius 2 is 1.94 bits per heavy atom. The molecule has 17 heavy (non-hydrogen) atoms. The van der Waals surface area contributed by atoms with Gasteiger partial charge in [0.1, 0.15) is 18.4 Å². The molecule has 1 aliphatic heterocycles. The molecular weight excluding hydrogens is 237 g/mol. The maximum atomic E-state index is 11.9. The molecule has 2 rings (SSSR count). The van der Waals surface area contributed by atoms with Gasteiger partial charge in [-0.2, -0.15) is 0 Å². The Morgan fingerprint density at radius 3 is 2.41 bits per heavy atom. The number of hydrogen-bond acceptors (Lipinski definition) is 4. The summed E-state index contributed by atoms with van der Waals surface area (Å²) < 4.78 is 44.4. The lowest BCUT2D eigenvalue weighted by Crippen LogP contribution is -2.17. The van der Waals surface area contributed by atoms with Crippen LogP contribution in [-0.2, 0) is 4.74 Å². The fraction of sp³-hybridized carbons (Fsp3) is 0.300. The van der Waals surface area contributed by atoms with Crippen molar-refractivity contribution in [3.05, 3.63) is 29.8 Å². The van der Waals surface area contributed by atoms with E-state index in [1.54, 1.807) is 0 Å². The molecule has 0 saturated carbocycles. The van der Waals surface area contributed by atoms with Gasteiger partial charge in [0.25, 0.3) is 6.02 Å². The Kier molecular flexibility index (Phi) is 2.83. The maximum Gasteiger partial charge on any atom is 0.573 e. The number of halogens is 3. The van der Waals surface area contributed by atoms with Crippen LogP contribution in [0, 0.1) is 0 Å². The molecule has 0 aliphatic carbocycles. The largest absolute Gasteiger partial charge is 0.573 e. The van der Waals surface area contributed by atoms with E-state index < -0.39 is 6.36 Å².